The van der Waals surface area contributed by atoms with E-state index in [2.05, 4.69) is 4.98 Å². The van der Waals surface area contributed by atoms with E-state index in [1.54, 1.807) is 11.8 Å². The molecule has 0 aliphatic carbocycles. The van der Waals surface area contributed by atoms with E-state index in [-0.39, 0.29) is 0 Å². The quantitative estimate of drug-likeness (QED) is 0.615. The van der Waals surface area contributed by atoms with E-state index in [1.165, 1.54) is 11.3 Å². The van der Waals surface area contributed by atoms with Crippen LogP contribution in [0.1, 0.15) is 5.69 Å². The van der Waals surface area contributed by atoms with Crippen LogP contribution in [0.2, 0.25) is 4.34 Å². The molecule has 0 saturated carbocycles. The van der Waals surface area contributed by atoms with Gasteiger partial charge in [-0.1, -0.05) is 34.7 Å². The number of aryl methyl sites for hydroxylation is 1. The SMILES string of the molecule is CSc1nc(C)c(Cl)s1. The van der Waals surface area contributed by atoms with Gasteiger partial charge in [0.15, 0.2) is 4.34 Å². The molecule has 1 aromatic heterocycles. The molecule has 1 nitrogen and oxygen atoms in total. The van der Waals surface area contributed by atoms with E-state index in [4.69, 9.17) is 11.6 Å². The second kappa shape index (κ2) is 2.90. The lowest BCUT2D eigenvalue weighted by Crippen LogP contribution is -1.68. The summed E-state index contributed by atoms with van der Waals surface area (Å²) in [5.41, 5.74) is 0.936. The normalized spacial score (nSPS) is 10.1. The summed E-state index contributed by atoms with van der Waals surface area (Å²) >= 11 is 8.91. The number of rotatable bonds is 1. The van der Waals surface area contributed by atoms with Crippen molar-refractivity contribution in [1.82, 2.24) is 4.98 Å². The summed E-state index contributed by atoms with van der Waals surface area (Å²) in [6.07, 6.45) is 1.99. The summed E-state index contributed by atoms with van der Waals surface area (Å²) in [7, 11) is 0. The second-order valence-electron chi connectivity index (χ2n) is 1.54. The zero-order valence-electron chi connectivity index (χ0n) is 5.14. The van der Waals surface area contributed by atoms with Crippen LogP contribution < -0.4 is 0 Å². The lowest BCUT2D eigenvalue weighted by Gasteiger charge is -1.78. The van der Waals surface area contributed by atoms with Crippen LogP contribution in [0.15, 0.2) is 4.34 Å². The molecular formula is C5H6ClNS2. The van der Waals surface area contributed by atoms with Crippen LogP contribution in [0.25, 0.3) is 0 Å². The molecule has 0 N–H and O–H groups in total. The van der Waals surface area contributed by atoms with Gasteiger partial charge in [0.25, 0.3) is 0 Å². The Labute approximate surface area is 67.4 Å². The zero-order chi connectivity index (χ0) is 6.85. The molecule has 0 fully saturated rings. The third kappa shape index (κ3) is 1.60. The first-order valence-corrected chi connectivity index (χ1v) is 4.83. The number of aromatic nitrogens is 1. The van der Waals surface area contributed by atoms with Gasteiger partial charge in [0, 0.05) is 0 Å². The van der Waals surface area contributed by atoms with Gasteiger partial charge in [-0.25, -0.2) is 4.98 Å². The largest absolute Gasteiger partial charge is 0.233 e. The maximum Gasteiger partial charge on any atom is 0.151 e. The summed E-state index contributed by atoms with van der Waals surface area (Å²) in [4.78, 5) is 4.18. The second-order valence-corrected chi connectivity index (χ2v) is 4.20. The van der Waals surface area contributed by atoms with Gasteiger partial charge in [-0.2, -0.15) is 0 Å². The minimum absolute atomic E-state index is 0.805. The lowest BCUT2D eigenvalue weighted by atomic mass is 10.6. The molecule has 1 aromatic rings. The first-order valence-electron chi connectivity index (χ1n) is 2.41. The molecule has 9 heavy (non-hydrogen) atoms. The van der Waals surface area contributed by atoms with Crippen LogP contribution in [0.3, 0.4) is 0 Å². The number of thioether (sulfide) groups is 1. The van der Waals surface area contributed by atoms with Crippen molar-refractivity contribution in [2.24, 2.45) is 0 Å². The zero-order valence-corrected chi connectivity index (χ0v) is 7.53. The Morgan fingerprint density at radius 3 is 2.56 bits per heavy atom. The van der Waals surface area contributed by atoms with Crippen LogP contribution in [0, 0.1) is 6.92 Å². The Balaban J connectivity index is 2.98. The Morgan fingerprint density at radius 2 is 2.33 bits per heavy atom. The van der Waals surface area contributed by atoms with Crippen molar-refractivity contribution in [1.29, 1.82) is 0 Å². The number of nitrogens with zero attached hydrogens (tertiary/aromatic N) is 1. The van der Waals surface area contributed by atoms with Gasteiger partial charge < -0.3 is 0 Å². The first-order chi connectivity index (χ1) is 4.24. The number of hydrogen-bond acceptors (Lipinski definition) is 3. The highest BCUT2D eigenvalue weighted by molar-refractivity contribution is 8.00. The third-order valence-electron chi connectivity index (χ3n) is 0.895. The van der Waals surface area contributed by atoms with Crippen molar-refractivity contribution in [3.05, 3.63) is 10.0 Å². The average Bonchev–Trinajstić information content (AvgIpc) is 2.13. The van der Waals surface area contributed by atoms with Crippen LogP contribution in [-0.2, 0) is 0 Å². The van der Waals surface area contributed by atoms with E-state index in [0.717, 1.165) is 14.4 Å². The smallest absolute Gasteiger partial charge is 0.151 e. The van der Waals surface area contributed by atoms with Crippen molar-refractivity contribution in [3.63, 3.8) is 0 Å². The fraction of sp³-hybridized carbons (Fsp3) is 0.400. The first kappa shape index (κ1) is 7.38. The van der Waals surface area contributed by atoms with Crippen molar-refractivity contribution in [3.8, 4) is 0 Å². The Morgan fingerprint density at radius 1 is 1.67 bits per heavy atom. The molecule has 4 heteroatoms. The van der Waals surface area contributed by atoms with Gasteiger partial charge >= 0.3 is 0 Å². The van der Waals surface area contributed by atoms with E-state index in [0.29, 0.717) is 0 Å². The fourth-order valence-corrected chi connectivity index (χ4v) is 2.18. The van der Waals surface area contributed by atoms with Crippen molar-refractivity contribution in [2.75, 3.05) is 6.26 Å². The molecule has 0 bridgehead atoms. The monoisotopic (exact) mass is 179 g/mol. The minimum atomic E-state index is 0.805. The predicted octanol–water partition coefficient (Wildman–Crippen LogP) is 2.83. The molecular weight excluding hydrogens is 174 g/mol. The summed E-state index contributed by atoms with van der Waals surface area (Å²) < 4.78 is 1.84. The number of hydrogen-bond donors (Lipinski definition) is 0. The molecule has 0 amide bonds. The van der Waals surface area contributed by atoms with Gasteiger partial charge in [0.1, 0.15) is 4.34 Å². The lowest BCUT2D eigenvalue weighted by molar-refractivity contribution is 1.16. The molecule has 0 aromatic carbocycles. The van der Waals surface area contributed by atoms with Gasteiger partial charge in [-0.05, 0) is 13.2 Å². The highest BCUT2D eigenvalue weighted by Gasteiger charge is 2.01. The van der Waals surface area contributed by atoms with Crippen LogP contribution >= 0.6 is 34.7 Å². The minimum Gasteiger partial charge on any atom is -0.233 e. The third-order valence-corrected chi connectivity index (χ3v) is 3.33. The summed E-state index contributed by atoms with van der Waals surface area (Å²) in [5.74, 6) is 0. The summed E-state index contributed by atoms with van der Waals surface area (Å²) in [6.45, 7) is 1.92. The predicted molar refractivity (Wildman–Crippen MR) is 43.6 cm³/mol. The molecule has 1 heterocycles. The van der Waals surface area contributed by atoms with Crippen LogP contribution in [0.5, 0.6) is 0 Å². The van der Waals surface area contributed by atoms with Crippen molar-refractivity contribution >= 4 is 34.7 Å². The van der Waals surface area contributed by atoms with Gasteiger partial charge in [-0.15, -0.1) is 0 Å². The molecule has 0 aliphatic heterocycles. The van der Waals surface area contributed by atoms with Gasteiger partial charge in [0.05, 0.1) is 5.69 Å². The fourth-order valence-electron chi connectivity index (χ4n) is 0.442. The highest BCUT2D eigenvalue weighted by Crippen LogP contribution is 2.28. The topological polar surface area (TPSA) is 12.9 Å². The molecule has 0 atom stereocenters. The maximum atomic E-state index is 5.75. The molecule has 0 aliphatic rings. The molecule has 0 spiro atoms. The Hall–Kier alpha value is 0.270. The molecule has 0 unspecified atom stereocenters. The molecule has 50 valence electrons. The van der Waals surface area contributed by atoms with Crippen molar-refractivity contribution < 1.29 is 0 Å². The molecule has 0 saturated heterocycles. The maximum absolute atomic E-state index is 5.75. The van der Waals surface area contributed by atoms with Crippen LogP contribution in [0.4, 0.5) is 0 Å². The van der Waals surface area contributed by atoms with Crippen LogP contribution in [-0.4, -0.2) is 11.2 Å². The van der Waals surface area contributed by atoms with Gasteiger partial charge in [-0.3, -0.25) is 0 Å². The standard InChI is InChI=1S/C5H6ClNS2/c1-3-4(6)9-5(7-3)8-2/h1-2H3. The van der Waals surface area contributed by atoms with E-state index in [1.807, 2.05) is 13.2 Å². The van der Waals surface area contributed by atoms with Gasteiger partial charge in [0.2, 0.25) is 0 Å². The summed E-state index contributed by atoms with van der Waals surface area (Å²) in [5, 5.41) is 0. The Kier molecular flexibility index (Phi) is 2.38. The molecule has 1 rings (SSSR count). The number of halogens is 1. The highest BCUT2D eigenvalue weighted by atomic mass is 35.5. The van der Waals surface area contributed by atoms with E-state index in [9.17, 15) is 0 Å². The Bertz CT molecular complexity index is 189. The summed E-state index contributed by atoms with van der Waals surface area (Å²) in [6, 6.07) is 0. The van der Waals surface area contributed by atoms with E-state index >= 15 is 0 Å². The van der Waals surface area contributed by atoms with Crippen molar-refractivity contribution in [2.45, 2.75) is 11.3 Å². The average molecular weight is 180 g/mol. The molecule has 0 radical (unpaired) electrons. The number of thiazole rings is 1. The van der Waals surface area contributed by atoms with E-state index < -0.39 is 0 Å².